The first kappa shape index (κ1) is 14.9. The summed E-state index contributed by atoms with van der Waals surface area (Å²) in [6.07, 6.45) is 3.49. The molecule has 0 bridgehead atoms. The van der Waals surface area contributed by atoms with Gasteiger partial charge in [0.25, 0.3) is 0 Å². The minimum absolute atomic E-state index is 0.208. The Balaban J connectivity index is 2.32. The van der Waals surface area contributed by atoms with Gasteiger partial charge in [0.15, 0.2) is 11.7 Å². The minimum atomic E-state index is -0.559. The Morgan fingerprint density at radius 2 is 1.95 bits per heavy atom. The lowest BCUT2D eigenvalue weighted by Crippen LogP contribution is -1.96. The molecule has 3 nitrogen and oxygen atoms in total. The number of hydrogen-bond donors (Lipinski definition) is 0. The van der Waals surface area contributed by atoms with Crippen LogP contribution in [-0.4, -0.2) is 15.3 Å². The molecule has 0 fully saturated rings. The minimum Gasteiger partial charge on any atom is -0.303 e. The lowest BCUT2D eigenvalue weighted by molar-refractivity contribution is 0.742. The maximum atomic E-state index is 13.3. The van der Waals surface area contributed by atoms with E-state index in [1.54, 1.807) is 17.0 Å². The van der Waals surface area contributed by atoms with Gasteiger partial charge in [-0.15, -0.1) is 0 Å². The molecule has 0 aliphatic heterocycles. The summed E-state index contributed by atoms with van der Waals surface area (Å²) in [7, 11) is 0. The van der Waals surface area contributed by atoms with Crippen LogP contribution in [0, 0.1) is 6.92 Å². The second-order valence-electron chi connectivity index (χ2n) is 4.85. The lowest BCUT2D eigenvalue weighted by atomic mass is 10.1. The zero-order valence-electron chi connectivity index (χ0n) is 12.5. The normalized spacial score (nSPS) is 12.6. The van der Waals surface area contributed by atoms with Crippen LogP contribution in [0.3, 0.4) is 0 Å². The van der Waals surface area contributed by atoms with Crippen LogP contribution in [0.5, 0.6) is 0 Å². The highest BCUT2D eigenvalue weighted by atomic mass is 19.1. The quantitative estimate of drug-likeness (QED) is 0.762. The van der Waals surface area contributed by atoms with Crippen LogP contribution in [0.15, 0.2) is 53.8 Å². The Kier molecular flexibility index (Phi) is 4.48. The van der Waals surface area contributed by atoms with Crippen molar-refractivity contribution in [2.45, 2.75) is 20.8 Å². The van der Waals surface area contributed by atoms with E-state index in [1.807, 2.05) is 51.1 Å². The number of benzene rings is 1. The largest absolute Gasteiger partial charge is 0.303 e. The van der Waals surface area contributed by atoms with E-state index in [0.717, 1.165) is 22.7 Å². The third kappa shape index (κ3) is 3.75. The van der Waals surface area contributed by atoms with Crippen molar-refractivity contribution in [1.82, 2.24) is 9.55 Å². The first-order valence-electron chi connectivity index (χ1n) is 6.67. The Labute approximate surface area is 124 Å². The fourth-order valence-corrected chi connectivity index (χ4v) is 2.05. The fourth-order valence-electron chi connectivity index (χ4n) is 2.05. The molecular formula is C17H18FN3. The first-order valence-corrected chi connectivity index (χ1v) is 6.67. The van der Waals surface area contributed by atoms with Crippen LogP contribution < -0.4 is 0 Å². The van der Waals surface area contributed by atoms with Gasteiger partial charge in [-0.3, -0.25) is 4.99 Å². The summed E-state index contributed by atoms with van der Waals surface area (Å²) in [6, 6.07) is 9.91. The summed E-state index contributed by atoms with van der Waals surface area (Å²) in [4.78, 5) is 8.63. The van der Waals surface area contributed by atoms with E-state index in [2.05, 4.69) is 16.6 Å². The highest BCUT2D eigenvalue weighted by molar-refractivity contribution is 5.99. The molecule has 0 amide bonds. The van der Waals surface area contributed by atoms with E-state index in [1.165, 1.54) is 0 Å². The predicted molar refractivity (Wildman–Crippen MR) is 85.7 cm³/mol. The van der Waals surface area contributed by atoms with Crippen molar-refractivity contribution in [2.24, 2.45) is 4.99 Å². The molecule has 108 valence electrons. The zero-order valence-corrected chi connectivity index (χ0v) is 12.5. The van der Waals surface area contributed by atoms with Gasteiger partial charge in [0.2, 0.25) is 0 Å². The summed E-state index contributed by atoms with van der Waals surface area (Å²) in [5, 5.41) is 0. The second-order valence-corrected chi connectivity index (χ2v) is 4.85. The predicted octanol–water partition coefficient (Wildman–Crippen LogP) is 4.46. The average molecular weight is 283 g/mol. The van der Waals surface area contributed by atoms with Crippen molar-refractivity contribution < 1.29 is 4.39 Å². The third-order valence-electron chi connectivity index (χ3n) is 2.96. The molecule has 2 aromatic rings. The molecule has 0 saturated heterocycles. The molecule has 2 rings (SSSR count). The van der Waals surface area contributed by atoms with E-state index in [-0.39, 0.29) is 5.82 Å². The zero-order chi connectivity index (χ0) is 15.4. The summed E-state index contributed by atoms with van der Waals surface area (Å²) < 4.78 is 14.9. The molecule has 0 saturated carbocycles. The number of hydrogen-bond acceptors (Lipinski definition) is 2. The molecule has 1 aromatic heterocycles. The molecule has 0 spiro atoms. The van der Waals surface area contributed by atoms with Gasteiger partial charge in [-0.2, -0.15) is 0 Å². The van der Waals surface area contributed by atoms with Gasteiger partial charge in [0.05, 0.1) is 11.4 Å². The van der Waals surface area contributed by atoms with Crippen molar-refractivity contribution in [2.75, 3.05) is 0 Å². The van der Waals surface area contributed by atoms with Crippen molar-refractivity contribution in [3.63, 3.8) is 0 Å². The molecule has 1 heterocycles. The Morgan fingerprint density at radius 3 is 2.57 bits per heavy atom. The molecule has 0 N–H and O–H groups in total. The molecule has 1 aromatic carbocycles. The van der Waals surface area contributed by atoms with Gasteiger partial charge in [0.1, 0.15) is 0 Å². The average Bonchev–Trinajstić information content (AvgIpc) is 2.80. The van der Waals surface area contributed by atoms with E-state index in [4.69, 9.17) is 0 Å². The van der Waals surface area contributed by atoms with Crippen LogP contribution in [0.4, 0.5) is 4.39 Å². The highest BCUT2D eigenvalue weighted by Gasteiger charge is 2.07. The van der Waals surface area contributed by atoms with E-state index in [0.29, 0.717) is 0 Å². The van der Waals surface area contributed by atoms with Crippen molar-refractivity contribution in [3.8, 4) is 0 Å². The van der Waals surface area contributed by atoms with Crippen LogP contribution in [0.25, 0.3) is 12.0 Å². The van der Waals surface area contributed by atoms with Crippen LogP contribution in [0.1, 0.15) is 30.9 Å². The number of aryl methyl sites for hydroxylation is 1. The first-order chi connectivity index (χ1) is 9.97. The molecule has 0 aliphatic carbocycles. The maximum absolute atomic E-state index is 13.3. The molecule has 0 atom stereocenters. The van der Waals surface area contributed by atoms with Crippen LogP contribution in [-0.2, 0) is 0 Å². The van der Waals surface area contributed by atoms with Crippen molar-refractivity contribution >= 4 is 17.7 Å². The Morgan fingerprint density at radius 1 is 1.29 bits per heavy atom. The number of nitrogens with zero attached hydrogens (tertiary/aromatic N) is 3. The van der Waals surface area contributed by atoms with Crippen LogP contribution in [0.2, 0.25) is 0 Å². The van der Waals surface area contributed by atoms with Gasteiger partial charge in [-0.25, -0.2) is 9.37 Å². The highest BCUT2D eigenvalue weighted by Crippen LogP contribution is 2.15. The van der Waals surface area contributed by atoms with Gasteiger partial charge in [-0.05, 0) is 26.3 Å². The SMILES string of the molecule is C=C(F)c1nc(C)cn1/C=C(C)/N=C(\C)c1ccccc1. The monoisotopic (exact) mass is 283 g/mol. The second kappa shape index (κ2) is 6.31. The van der Waals surface area contributed by atoms with Crippen LogP contribution >= 0.6 is 0 Å². The number of halogens is 1. The molecule has 4 heteroatoms. The number of imidazole rings is 1. The molecule has 0 unspecified atom stereocenters. The molecule has 0 aliphatic rings. The summed E-state index contributed by atoms with van der Waals surface area (Å²) in [5.41, 5.74) is 3.46. The molecule has 21 heavy (non-hydrogen) atoms. The molecular weight excluding hydrogens is 265 g/mol. The van der Waals surface area contributed by atoms with E-state index in [9.17, 15) is 4.39 Å². The number of aliphatic imine (C=N–C) groups is 1. The third-order valence-corrected chi connectivity index (χ3v) is 2.96. The van der Waals surface area contributed by atoms with E-state index < -0.39 is 5.83 Å². The lowest BCUT2D eigenvalue weighted by Gasteiger charge is -2.03. The Bertz CT molecular complexity index is 709. The number of aromatic nitrogens is 2. The van der Waals surface area contributed by atoms with Crippen molar-refractivity contribution in [1.29, 1.82) is 0 Å². The topological polar surface area (TPSA) is 30.2 Å². The maximum Gasteiger partial charge on any atom is 0.172 e. The van der Waals surface area contributed by atoms with Gasteiger partial charge in [0, 0.05) is 18.1 Å². The summed E-state index contributed by atoms with van der Waals surface area (Å²) >= 11 is 0. The van der Waals surface area contributed by atoms with Gasteiger partial charge >= 0.3 is 0 Å². The fraction of sp³-hybridized carbons (Fsp3) is 0.176. The summed E-state index contributed by atoms with van der Waals surface area (Å²) in [5.74, 6) is -0.352. The Hall–Kier alpha value is -2.49. The standard InChI is InChI=1S/C17H18FN3/c1-12(19-15(4)16-8-6-5-7-9-16)10-21-11-13(2)20-17(21)14(3)18/h5-11H,3H2,1-2,4H3/b12-10+,19-15+. The number of allylic oxidation sites excluding steroid dienone is 1. The van der Waals surface area contributed by atoms with E-state index >= 15 is 0 Å². The van der Waals surface area contributed by atoms with Gasteiger partial charge < -0.3 is 4.57 Å². The number of rotatable bonds is 4. The summed E-state index contributed by atoms with van der Waals surface area (Å²) in [6.45, 7) is 8.92. The van der Waals surface area contributed by atoms with Crippen molar-refractivity contribution in [3.05, 3.63) is 65.9 Å². The van der Waals surface area contributed by atoms with Gasteiger partial charge in [-0.1, -0.05) is 36.9 Å². The molecule has 0 radical (unpaired) electrons. The smallest absolute Gasteiger partial charge is 0.172 e.